The van der Waals surface area contributed by atoms with Crippen LogP contribution < -0.4 is 0 Å². The quantitative estimate of drug-likeness (QED) is 0.256. The maximum Gasteiger partial charge on any atom is 0.316 e. The summed E-state index contributed by atoms with van der Waals surface area (Å²) in [5.41, 5.74) is 1.61. The smallest absolute Gasteiger partial charge is 0.316 e. The van der Waals surface area contributed by atoms with Crippen LogP contribution in [0.25, 0.3) is 5.76 Å². The number of carbonyl (C=O) groups is 1. The molecule has 1 aromatic heterocycles. The number of hydrogen-bond acceptors (Lipinski definition) is 6. The van der Waals surface area contributed by atoms with Gasteiger partial charge in [-0.25, -0.2) is 0 Å². The van der Waals surface area contributed by atoms with E-state index in [1.54, 1.807) is 32.5 Å². The molecule has 0 radical (unpaired) electrons. The first-order chi connectivity index (χ1) is 12.1. The van der Waals surface area contributed by atoms with Crippen molar-refractivity contribution in [3.05, 3.63) is 22.5 Å². The van der Waals surface area contributed by atoms with Crippen molar-refractivity contribution in [3.8, 4) is 6.07 Å². The minimum atomic E-state index is -0.715. The fourth-order valence-corrected chi connectivity index (χ4v) is 2.22. The third-order valence-electron chi connectivity index (χ3n) is 4.17. The van der Waals surface area contributed by atoms with Gasteiger partial charge in [-0.15, -0.1) is 0 Å². The zero-order valence-corrected chi connectivity index (χ0v) is 16.3. The van der Waals surface area contributed by atoms with Crippen molar-refractivity contribution in [1.82, 2.24) is 9.78 Å². The maximum atomic E-state index is 12.5. The molecule has 0 N–H and O–H groups in total. The van der Waals surface area contributed by atoms with Crippen molar-refractivity contribution >= 4 is 17.9 Å². The minimum absolute atomic E-state index is 0.115. The number of hydrogen-bond donors (Lipinski definition) is 0. The summed E-state index contributed by atoms with van der Waals surface area (Å²) in [5.74, 6) is 0.263. The fraction of sp³-hybridized carbons (Fsp3) is 0.579. The molecule has 1 aliphatic rings. The molecule has 0 aromatic carbocycles. The van der Waals surface area contributed by atoms with E-state index in [2.05, 4.69) is 16.3 Å². The van der Waals surface area contributed by atoms with Gasteiger partial charge in [-0.3, -0.25) is 9.48 Å². The van der Waals surface area contributed by atoms with Gasteiger partial charge in [0, 0.05) is 12.6 Å². The molecule has 1 aliphatic carbocycles. The Kier molecular flexibility index (Phi) is 5.86. The topological polar surface area (TPSA) is 89.5 Å². The molecule has 7 nitrogen and oxygen atoms in total. The lowest BCUT2D eigenvalue weighted by Gasteiger charge is -2.19. The van der Waals surface area contributed by atoms with Crippen LogP contribution in [-0.4, -0.2) is 28.6 Å². The lowest BCUT2D eigenvalue weighted by Crippen LogP contribution is -2.23. The normalized spacial score (nSPS) is 15.6. The highest BCUT2D eigenvalue weighted by Gasteiger charge is 2.29. The highest BCUT2D eigenvalue weighted by Crippen LogP contribution is 2.29. The Morgan fingerprint density at radius 1 is 1.42 bits per heavy atom. The van der Waals surface area contributed by atoms with Crippen molar-refractivity contribution in [3.63, 3.8) is 0 Å². The van der Waals surface area contributed by atoms with Crippen molar-refractivity contribution < 1.29 is 14.4 Å². The van der Waals surface area contributed by atoms with Gasteiger partial charge in [0.1, 0.15) is 23.9 Å². The van der Waals surface area contributed by atoms with E-state index in [4.69, 9.17) is 9.57 Å². The first-order valence-corrected chi connectivity index (χ1v) is 8.67. The van der Waals surface area contributed by atoms with E-state index in [-0.39, 0.29) is 11.3 Å². The molecule has 0 bridgehead atoms. The second kappa shape index (κ2) is 7.73. The monoisotopic (exact) mass is 358 g/mol. The van der Waals surface area contributed by atoms with Gasteiger partial charge in [0.2, 0.25) is 0 Å². The molecule has 0 spiro atoms. The zero-order chi connectivity index (χ0) is 19.5. The summed E-state index contributed by atoms with van der Waals surface area (Å²) in [6.07, 6.45) is 3.60. The van der Waals surface area contributed by atoms with Gasteiger partial charge in [-0.2, -0.15) is 10.4 Å². The number of nitrogens with zero attached hydrogens (tertiary/aromatic N) is 4. The molecular weight excluding hydrogens is 332 g/mol. The van der Waals surface area contributed by atoms with Crippen molar-refractivity contribution in [2.45, 2.75) is 47.5 Å². The number of ether oxygens (including phenoxy) is 1. The number of nitriles is 1. The summed E-state index contributed by atoms with van der Waals surface area (Å²) >= 11 is 0. The molecule has 26 heavy (non-hydrogen) atoms. The highest BCUT2D eigenvalue weighted by atomic mass is 16.6. The first-order valence-electron chi connectivity index (χ1n) is 8.67. The van der Waals surface area contributed by atoms with E-state index >= 15 is 0 Å². The van der Waals surface area contributed by atoms with Gasteiger partial charge < -0.3 is 9.57 Å². The summed E-state index contributed by atoms with van der Waals surface area (Å²) in [6, 6.07) is 2.06. The molecule has 1 fully saturated rings. The van der Waals surface area contributed by atoms with E-state index in [1.165, 1.54) is 6.21 Å². The summed E-state index contributed by atoms with van der Waals surface area (Å²) in [7, 11) is 1.75. The molecule has 2 rings (SSSR count). The van der Waals surface area contributed by atoms with E-state index in [9.17, 15) is 10.1 Å². The van der Waals surface area contributed by atoms with E-state index in [0.29, 0.717) is 18.2 Å². The second-order valence-electron chi connectivity index (χ2n) is 7.65. The third kappa shape index (κ3) is 4.72. The van der Waals surface area contributed by atoms with E-state index < -0.39 is 11.4 Å². The minimum Gasteiger partial charge on any atom is -0.422 e. The van der Waals surface area contributed by atoms with Crippen LogP contribution in [0.15, 0.2) is 10.7 Å². The van der Waals surface area contributed by atoms with Crippen molar-refractivity contribution in [2.24, 2.45) is 23.5 Å². The van der Waals surface area contributed by atoms with Crippen LogP contribution in [0.1, 0.15) is 50.6 Å². The van der Waals surface area contributed by atoms with E-state index in [1.807, 2.05) is 13.8 Å². The Hall–Kier alpha value is -2.62. The van der Waals surface area contributed by atoms with Gasteiger partial charge in [0.05, 0.1) is 17.3 Å². The van der Waals surface area contributed by atoms with E-state index in [0.717, 1.165) is 24.1 Å². The van der Waals surface area contributed by atoms with Gasteiger partial charge in [0.25, 0.3) is 0 Å². The van der Waals surface area contributed by atoms with Crippen LogP contribution in [0.5, 0.6) is 0 Å². The van der Waals surface area contributed by atoms with Crippen LogP contribution in [0.2, 0.25) is 0 Å². The van der Waals surface area contributed by atoms with Crippen LogP contribution in [0.3, 0.4) is 0 Å². The maximum absolute atomic E-state index is 12.5. The molecule has 0 saturated heterocycles. The average Bonchev–Trinajstić information content (AvgIpc) is 3.33. The molecule has 140 valence electrons. The summed E-state index contributed by atoms with van der Waals surface area (Å²) < 4.78 is 7.23. The number of allylic oxidation sites excluding steroid dienone is 1. The lowest BCUT2D eigenvalue weighted by molar-refractivity contribution is -0.145. The molecule has 7 heteroatoms. The average molecular weight is 358 g/mol. The fourth-order valence-electron chi connectivity index (χ4n) is 2.22. The molecular formula is C19H26N4O3. The molecule has 1 saturated carbocycles. The first kappa shape index (κ1) is 19.7. The molecule has 0 aliphatic heterocycles. The Morgan fingerprint density at radius 2 is 2.08 bits per heavy atom. The Labute approximate surface area is 154 Å². The van der Waals surface area contributed by atoms with Gasteiger partial charge in [0.15, 0.2) is 5.76 Å². The number of esters is 1. The SMILES string of the molecule is Cc1nn(C)c(/C(OC(=O)C(C)(C)C)=C(C#N)\C=N\OCC2CC2)c1C. The van der Waals surface area contributed by atoms with Gasteiger partial charge >= 0.3 is 5.97 Å². The summed E-state index contributed by atoms with van der Waals surface area (Å²) in [4.78, 5) is 17.7. The Bertz CT molecular complexity index is 787. The third-order valence-corrected chi connectivity index (χ3v) is 4.17. The predicted octanol–water partition coefficient (Wildman–Crippen LogP) is 3.27. The molecule has 0 amide bonds. The molecule has 0 atom stereocenters. The number of oxime groups is 1. The van der Waals surface area contributed by atoms with Crippen LogP contribution >= 0.6 is 0 Å². The van der Waals surface area contributed by atoms with Crippen LogP contribution in [0, 0.1) is 36.5 Å². The number of aryl methyl sites for hydroxylation is 2. The molecule has 0 unspecified atom stereocenters. The molecule has 1 aromatic rings. The second-order valence-corrected chi connectivity index (χ2v) is 7.65. The zero-order valence-electron chi connectivity index (χ0n) is 16.3. The number of carbonyl (C=O) groups excluding carboxylic acids is 1. The number of aromatic nitrogens is 2. The van der Waals surface area contributed by atoms with Gasteiger partial charge in [-0.05, 0) is 53.4 Å². The van der Waals surface area contributed by atoms with Gasteiger partial charge in [-0.1, -0.05) is 5.16 Å². The summed E-state index contributed by atoms with van der Waals surface area (Å²) in [6.45, 7) is 9.54. The Balaban J connectivity index is 2.42. The summed E-state index contributed by atoms with van der Waals surface area (Å²) in [5, 5.41) is 17.8. The van der Waals surface area contributed by atoms with Crippen LogP contribution in [0.4, 0.5) is 0 Å². The number of rotatable bonds is 6. The Morgan fingerprint density at radius 3 is 2.54 bits per heavy atom. The molecule has 1 heterocycles. The van der Waals surface area contributed by atoms with Crippen LogP contribution in [-0.2, 0) is 21.4 Å². The largest absolute Gasteiger partial charge is 0.422 e. The standard InChI is InChI=1S/C19H26N4O3/c1-12-13(2)22-23(6)16(12)17(26-18(24)19(3,4)5)15(9-20)10-21-25-11-14-7-8-14/h10,14H,7-8,11H2,1-6H3/b17-15+,21-10+. The van der Waals surface area contributed by atoms with Crippen molar-refractivity contribution in [1.29, 1.82) is 5.26 Å². The predicted molar refractivity (Wildman–Crippen MR) is 97.9 cm³/mol. The lowest BCUT2D eigenvalue weighted by atomic mass is 9.97. The van der Waals surface area contributed by atoms with Crippen molar-refractivity contribution in [2.75, 3.05) is 6.61 Å². The highest BCUT2D eigenvalue weighted by molar-refractivity contribution is 5.96.